The molecule has 0 fully saturated rings. The molecule has 1 aromatic rings. The molecule has 5 N–H and O–H groups in total. The van der Waals surface area contributed by atoms with Gasteiger partial charge in [-0.05, 0) is 31.5 Å². The van der Waals surface area contributed by atoms with Gasteiger partial charge in [-0.25, -0.2) is 0 Å². The van der Waals surface area contributed by atoms with E-state index >= 15 is 0 Å². The molecule has 1 atom stereocenters. The van der Waals surface area contributed by atoms with Gasteiger partial charge in [-0.15, -0.1) is 0 Å². The van der Waals surface area contributed by atoms with Crippen molar-refractivity contribution in [3.05, 3.63) is 29.3 Å². The first-order chi connectivity index (χ1) is 7.54. The molecule has 0 aliphatic rings. The predicted molar refractivity (Wildman–Crippen MR) is 60.9 cm³/mol. The third-order valence-electron chi connectivity index (χ3n) is 2.49. The van der Waals surface area contributed by atoms with Crippen molar-refractivity contribution in [3.63, 3.8) is 0 Å². The van der Waals surface area contributed by atoms with Gasteiger partial charge in [-0.3, -0.25) is 0 Å². The van der Waals surface area contributed by atoms with Crippen molar-refractivity contribution in [2.24, 2.45) is 0 Å². The number of hydrogen-bond acceptors (Lipinski definition) is 3. The van der Waals surface area contributed by atoms with Crippen LogP contribution in [0.4, 0.5) is 0 Å². The van der Waals surface area contributed by atoms with Crippen LogP contribution in [-0.4, -0.2) is 27.9 Å². The van der Waals surface area contributed by atoms with Crippen molar-refractivity contribution in [3.8, 4) is 5.75 Å². The third kappa shape index (κ3) is 3.48. The first-order valence-corrected chi connectivity index (χ1v) is 5.48. The smallest absolute Gasteiger partial charge is 0.128 e. The Bertz CT molecular complexity index is 339. The van der Waals surface area contributed by atoms with Gasteiger partial charge in [-0.2, -0.15) is 0 Å². The third-order valence-corrected chi connectivity index (χ3v) is 2.49. The molecule has 16 heavy (non-hydrogen) atoms. The summed E-state index contributed by atoms with van der Waals surface area (Å²) in [6.45, 7) is 4.47. The molecule has 0 aliphatic heterocycles. The summed E-state index contributed by atoms with van der Waals surface area (Å²) in [6.07, 6.45) is -0.576. The molecule has 0 spiro atoms. The number of aromatic hydroxyl groups is 1. The first kappa shape index (κ1) is 13.0. The topological polar surface area (TPSA) is 77.3 Å². The maximum atomic E-state index is 9.89. The second-order valence-electron chi connectivity index (χ2n) is 4.28. The second-order valence-corrected chi connectivity index (χ2v) is 4.28. The normalized spacial score (nSPS) is 13.1. The molecule has 0 saturated heterocycles. The fourth-order valence-corrected chi connectivity index (χ4v) is 1.48. The van der Waals surface area contributed by atoms with Crippen LogP contribution in [0, 0.1) is 0 Å². The molecule has 4 nitrogen and oxygen atoms in total. The average molecular weight is 226 g/mol. The number of benzene rings is 1. The van der Waals surface area contributed by atoms with Gasteiger partial charge in [0.2, 0.25) is 0 Å². The van der Waals surface area contributed by atoms with E-state index in [1.165, 1.54) is 6.07 Å². The minimum absolute atomic E-state index is 0.0614. The predicted octanol–water partition coefficient (Wildman–Crippen LogP) is -0.110. The molecular formula is C12H20NO3+. The molecule has 4 heteroatoms. The lowest BCUT2D eigenvalue weighted by Crippen LogP contribution is -2.89. The van der Waals surface area contributed by atoms with Gasteiger partial charge in [0, 0.05) is 5.56 Å². The monoisotopic (exact) mass is 226 g/mol. The number of phenols is 1. The van der Waals surface area contributed by atoms with Crippen molar-refractivity contribution in [2.45, 2.75) is 32.6 Å². The van der Waals surface area contributed by atoms with Crippen LogP contribution in [0.15, 0.2) is 18.2 Å². The van der Waals surface area contributed by atoms with Crippen molar-refractivity contribution in [1.29, 1.82) is 0 Å². The summed E-state index contributed by atoms with van der Waals surface area (Å²) in [6, 6.07) is 5.24. The van der Waals surface area contributed by atoms with Crippen LogP contribution in [0.25, 0.3) is 0 Å². The Balaban J connectivity index is 2.72. The van der Waals surface area contributed by atoms with Crippen LogP contribution in [0.1, 0.15) is 31.1 Å². The Morgan fingerprint density at radius 3 is 2.56 bits per heavy atom. The van der Waals surface area contributed by atoms with E-state index in [0.717, 1.165) is 5.56 Å². The number of hydrogen-bond donors (Lipinski definition) is 4. The molecule has 1 rings (SSSR count). The molecule has 0 aromatic heterocycles. The molecule has 0 saturated carbocycles. The van der Waals surface area contributed by atoms with Crippen molar-refractivity contribution < 1.29 is 20.6 Å². The van der Waals surface area contributed by atoms with Crippen LogP contribution >= 0.6 is 0 Å². The van der Waals surface area contributed by atoms with Crippen molar-refractivity contribution >= 4 is 0 Å². The molecule has 90 valence electrons. The maximum Gasteiger partial charge on any atom is 0.128 e. The van der Waals surface area contributed by atoms with Gasteiger partial charge in [0.15, 0.2) is 0 Å². The second kappa shape index (κ2) is 5.84. The van der Waals surface area contributed by atoms with E-state index in [0.29, 0.717) is 18.2 Å². The summed E-state index contributed by atoms with van der Waals surface area (Å²) in [5, 5.41) is 30.3. The van der Waals surface area contributed by atoms with Crippen LogP contribution in [0.2, 0.25) is 0 Å². The van der Waals surface area contributed by atoms with Gasteiger partial charge in [0.1, 0.15) is 18.4 Å². The van der Waals surface area contributed by atoms with Crippen LogP contribution in [0.5, 0.6) is 5.75 Å². The van der Waals surface area contributed by atoms with Gasteiger partial charge < -0.3 is 20.6 Å². The molecule has 0 bridgehead atoms. The van der Waals surface area contributed by atoms with Gasteiger partial charge in [0.25, 0.3) is 0 Å². The zero-order valence-electron chi connectivity index (χ0n) is 9.72. The highest BCUT2D eigenvalue weighted by molar-refractivity contribution is 5.36. The minimum Gasteiger partial charge on any atom is -0.508 e. The molecule has 0 heterocycles. The molecule has 1 aromatic carbocycles. The standard InChI is InChI=1S/C12H19NO3/c1-8(2)13-6-12(16)9-3-4-11(15)10(5-9)7-14/h3-5,8,12-16H,6-7H2,1-2H3/p+1. The van der Waals surface area contributed by atoms with E-state index in [2.05, 4.69) is 13.8 Å². The molecule has 1 unspecified atom stereocenters. The maximum absolute atomic E-state index is 9.89. The highest BCUT2D eigenvalue weighted by Gasteiger charge is 2.12. The van der Waals surface area contributed by atoms with Gasteiger partial charge in [-0.1, -0.05) is 6.07 Å². The SMILES string of the molecule is CC(C)[NH2+]CC(O)c1ccc(O)c(CO)c1. The summed E-state index contributed by atoms with van der Waals surface area (Å²) in [7, 11) is 0. The van der Waals surface area contributed by atoms with Crippen LogP contribution < -0.4 is 5.32 Å². The Labute approximate surface area is 95.6 Å². The number of aliphatic hydroxyl groups excluding tert-OH is 2. The molecular weight excluding hydrogens is 206 g/mol. The highest BCUT2D eigenvalue weighted by atomic mass is 16.3. The van der Waals surface area contributed by atoms with E-state index in [1.807, 2.05) is 5.32 Å². The summed E-state index contributed by atoms with van der Waals surface area (Å²) in [5.41, 5.74) is 1.17. The number of aliphatic hydroxyl groups is 2. The van der Waals surface area contributed by atoms with E-state index < -0.39 is 6.10 Å². The number of nitrogens with two attached hydrogens (primary N) is 1. The van der Waals surface area contributed by atoms with Crippen molar-refractivity contribution in [2.75, 3.05) is 6.54 Å². The summed E-state index contributed by atoms with van der Waals surface area (Å²) >= 11 is 0. The Hall–Kier alpha value is -1.10. The molecule has 0 aliphatic carbocycles. The van der Waals surface area contributed by atoms with E-state index in [4.69, 9.17) is 5.11 Å². The van der Waals surface area contributed by atoms with E-state index in [-0.39, 0.29) is 12.4 Å². The first-order valence-electron chi connectivity index (χ1n) is 5.48. The summed E-state index contributed by atoms with van der Waals surface area (Å²) in [5.74, 6) is 0.0614. The summed E-state index contributed by atoms with van der Waals surface area (Å²) in [4.78, 5) is 0. The Morgan fingerprint density at radius 1 is 1.31 bits per heavy atom. The lowest BCUT2D eigenvalue weighted by atomic mass is 10.1. The van der Waals surface area contributed by atoms with E-state index in [1.54, 1.807) is 12.1 Å². The summed E-state index contributed by atoms with van der Waals surface area (Å²) < 4.78 is 0. The van der Waals surface area contributed by atoms with Crippen molar-refractivity contribution in [1.82, 2.24) is 0 Å². The molecule has 0 amide bonds. The van der Waals surface area contributed by atoms with E-state index in [9.17, 15) is 10.2 Å². The van der Waals surface area contributed by atoms with Crippen LogP contribution in [0.3, 0.4) is 0 Å². The lowest BCUT2D eigenvalue weighted by Gasteiger charge is -2.13. The number of quaternary nitrogens is 1. The zero-order chi connectivity index (χ0) is 12.1. The quantitative estimate of drug-likeness (QED) is 0.566. The highest BCUT2D eigenvalue weighted by Crippen LogP contribution is 2.21. The fourth-order valence-electron chi connectivity index (χ4n) is 1.48. The number of rotatable bonds is 5. The average Bonchev–Trinajstić information content (AvgIpc) is 2.26. The Morgan fingerprint density at radius 2 is 2.00 bits per heavy atom. The van der Waals surface area contributed by atoms with Gasteiger partial charge >= 0.3 is 0 Å². The fraction of sp³-hybridized carbons (Fsp3) is 0.500. The largest absolute Gasteiger partial charge is 0.508 e. The van der Waals surface area contributed by atoms with Gasteiger partial charge in [0.05, 0.1) is 12.6 Å². The van der Waals surface area contributed by atoms with Crippen LogP contribution in [-0.2, 0) is 6.61 Å². The minimum atomic E-state index is -0.576. The molecule has 0 radical (unpaired) electrons. The zero-order valence-corrected chi connectivity index (χ0v) is 9.72. The lowest BCUT2D eigenvalue weighted by molar-refractivity contribution is -0.689. The Kier molecular flexibility index (Phi) is 4.73.